The van der Waals surface area contributed by atoms with Crippen LogP contribution in [0.3, 0.4) is 0 Å². The molecule has 2 rings (SSSR count). The number of hydrogen-bond donors (Lipinski definition) is 2. The van der Waals surface area contributed by atoms with E-state index in [-0.39, 0.29) is 12.5 Å². The lowest BCUT2D eigenvalue weighted by molar-refractivity contribution is -0.154. The molecule has 112 valence electrons. The lowest BCUT2D eigenvalue weighted by Gasteiger charge is -2.33. The fourth-order valence-electron chi connectivity index (χ4n) is 2.83. The number of nitrogens with one attached hydrogen (secondary N) is 1. The maximum Gasteiger partial charge on any atom is 0.311 e. The summed E-state index contributed by atoms with van der Waals surface area (Å²) in [6.45, 7) is 1.11. The van der Waals surface area contributed by atoms with Gasteiger partial charge >= 0.3 is 5.97 Å². The van der Waals surface area contributed by atoms with Gasteiger partial charge in [0.1, 0.15) is 0 Å². The minimum Gasteiger partial charge on any atom is -0.481 e. The van der Waals surface area contributed by atoms with Crippen molar-refractivity contribution in [2.45, 2.75) is 44.9 Å². The van der Waals surface area contributed by atoms with Crippen molar-refractivity contribution in [3.05, 3.63) is 11.6 Å². The molecule has 1 amide bonds. The number of carbonyl (C=O) groups excluding carboxylic acids is 1. The summed E-state index contributed by atoms with van der Waals surface area (Å²) in [5.41, 5.74) is 0.333. The van der Waals surface area contributed by atoms with Crippen molar-refractivity contribution >= 4 is 11.9 Å². The summed E-state index contributed by atoms with van der Waals surface area (Å²) >= 11 is 0. The molecule has 1 aliphatic heterocycles. The van der Waals surface area contributed by atoms with E-state index in [4.69, 9.17) is 4.74 Å². The van der Waals surface area contributed by atoms with Crippen LogP contribution in [0.5, 0.6) is 0 Å². The van der Waals surface area contributed by atoms with Gasteiger partial charge in [-0.2, -0.15) is 0 Å². The Morgan fingerprint density at radius 3 is 2.65 bits per heavy atom. The van der Waals surface area contributed by atoms with E-state index in [9.17, 15) is 14.7 Å². The third-order valence-corrected chi connectivity index (χ3v) is 4.30. The molecule has 20 heavy (non-hydrogen) atoms. The molecule has 0 aromatic carbocycles. The van der Waals surface area contributed by atoms with Gasteiger partial charge in [-0.05, 0) is 38.5 Å². The topological polar surface area (TPSA) is 75.6 Å². The smallest absolute Gasteiger partial charge is 0.311 e. The lowest BCUT2D eigenvalue weighted by atomic mass is 9.80. The average Bonchev–Trinajstić information content (AvgIpc) is 2.47. The Morgan fingerprint density at radius 1 is 1.30 bits per heavy atom. The molecule has 0 aromatic heterocycles. The number of rotatable bonds is 5. The highest BCUT2D eigenvalue weighted by molar-refractivity contribution is 5.80. The summed E-state index contributed by atoms with van der Waals surface area (Å²) in [7, 11) is 0. The molecule has 2 aliphatic rings. The molecule has 1 fully saturated rings. The summed E-state index contributed by atoms with van der Waals surface area (Å²) in [4.78, 5) is 23.4. The highest BCUT2D eigenvalue weighted by atomic mass is 16.5. The second-order valence-corrected chi connectivity index (χ2v) is 5.76. The molecular weight excluding hydrogens is 258 g/mol. The Hall–Kier alpha value is -1.36. The average molecular weight is 281 g/mol. The van der Waals surface area contributed by atoms with Crippen LogP contribution in [0, 0.1) is 5.41 Å². The number of amides is 1. The molecule has 5 nitrogen and oxygen atoms in total. The van der Waals surface area contributed by atoms with Gasteiger partial charge in [-0.1, -0.05) is 11.6 Å². The number of carbonyl (C=O) groups is 2. The number of aliphatic carboxylic acids is 1. The van der Waals surface area contributed by atoms with Crippen LogP contribution in [0.2, 0.25) is 0 Å². The predicted octanol–water partition coefficient (Wildman–Crippen LogP) is 1.87. The predicted molar refractivity (Wildman–Crippen MR) is 74.3 cm³/mol. The Morgan fingerprint density at radius 2 is 2.05 bits per heavy atom. The second kappa shape index (κ2) is 6.88. The first-order valence-electron chi connectivity index (χ1n) is 7.38. The van der Waals surface area contributed by atoms with Crippen LogP contribution in [-0.2, 0) is 14.3 Å². The first kappa shape index (κ1) is 15.0. The minimum atomic E-state index is -0.852. The van der Waals surface area contributed by atoms with Crippen molar-refractivity contribution in [1.82, 2.24) is 5.32 Å². The van der Waals surface area contributed by atoms with E-state index in [1.807, 2.05) is 0 Å². The highest BCUT2D eigenvalue weighted by Gasteiger charge is 2.40. The van der Waals surface area contributed by atoms with Crippen LogP contribution < -0.4 is 5.32 Å². The molecule has 0 spiro atoms. The van der Waals surface area contributed by atoms with Gasteiger partial charge in [0.2, 0.25) is 5.91 Å². The van der Waals surface area contributed by atoms with Gasteiger partial charge in [0, 0.05) is 26.2 Å². The molecule has 0 aromatic rings. The first-order chi connectivity index (χ1) is 9.62. The number of ether oxygens (including phenoxy) is 1. The van der Waals surface area contributed by atoms with E-state index >= 15 is 0 Å². The van der Waals surface area contributed by atoms with Crippen LogP contribution in [0.15, 0.2) is 11.6 Å². The SMILES string of the molecule is O=C(CC1=CCCCC1)NCC1(C(=O)O)CCOCC1. The Labute approximate surface area is 119 Å². The number of carboxylic acid groups (broad SMARTS) is 1. The molecule has 2 N–H and O–H groups in total. The Bertz CT molecular complexity index is 397. The molecule has 0 bridgehead atoms. The zero-order valence-electron chi connectivity index (χ0n) is 11.8. The lowest BCUT2D eigenvalue weighted by Crippen LogP contribution is -2.46. The largest absolute Gasteiger partial charge is 0.481 e. The maximum absolute atomic E-state index is 11.9. The highest BCUT2D eigenvalue weighted by Crippen LogP contribution is 2.30. The van der Waals surface area contributed by atoms with Crippen LogP contribution in [0.1, 0.15) is 44.9 Å². The van der Waals surface area contributed by atoms with E-state index in [0.717, 1.165) is 19.3 Å². The van der Waals surface area contributed by atoms with E-state index in [2.05, 4.69) is 11.4 Å². The third-order valence-electron chi connectivity index (χ3n) is 4.30. The van der Waals surface area contributed by atoms with Crippen LogP contribution in [-0.4, -0.2) is 36.7 Å². The van der Waals surface area contributed by atoms with Gasteiger partial charge < -0.3 is 15.2 Å². The van der Waals surface area contributed by atoms with Crippen LogP contribution >= 0.6 is 0 Å². The van der Waals surface area contributed by atoms with Gasteiger partial charge in [0.15, 0.2) is 0 Å². The summed E-state index contributed by atoms with van der Waals surface area (Å²) in [5.74, 6) is -0.900. The molecule has 0 unspecified atom stereocenters. The maximum atomic E-state index is 11.9. The molecule has 1 aliphatic carbocycles. The van der Waals surface area contributed by atoms with Gasteiger partial charge in [-0.3, -0.25) is 9.59 Å². The molecule has 0 atom stereocenters. The van der Waals surface area contributed by atoms with Crippen molar-refractivity contribution in [3.63, 3.8) is 0 Å². The fraction of sp³-hybridized carbons (Fsp3) is 0.733. The van der Waals surface area contributed by atoms with Gasteiger partial charge in [0.25, 0.3) is 0 Å². The molecule has 0 saturated carbocycles. The summed E-state index contributed by atoms with van der Waals surface area (Å²) < 4.78 is 5.22. The van der Waals surface area contributed by atoms with E-state index in [1.165, 1.54) is 12.0 Å². The quantitative estimate of drug-likeness (QED) is 0.754. The molecule has 1 saturated heterocycles. The van der Waals surface area contributed by atoms with Crippen molar-refractivity contribution in [2.75, 3.05) is 19.8 Å². The van der Waals surface area contributed by atoms with Crippen LogP contribution in [0.25, 0.3) is 0 Å². The normalized spacial score (nSPS) is 21.9. The van der Waals surface area contributed by atoms with Crippen molar-refractivity contribution in [1.29, 1.82) is 0 Å². The van der Waals surface area contributed by atoms with Gasteiger partial charge in [-0.25, -0.2) is 0 Å². The Kier molecular flexibility index (Phi) is 5.17. The number of hydrogen-bond acceptors (Lipinski definition) is 3. The zero-order valence-corrected chi connectivity index (χ0v) is 11.8. The third kappa shape index (κ3) is 3.82. The Balaban J connectivity index is 1.84. The molecular formula is C15H23NO4. The second-order valence-electron chi connectivity index (χ2n) is 5.76. The van der Waals surface area contributed by atoms with Crippen molar-refractivity contribution in [3.8, 4) is 0 Å². The van der Waals surface area contributed by atoms with Crippen LogP contribution in [0.4, 0.5) is 0 Å². The monoisotopic (exact) mass is 281 g/mol. The molecule has 5 heteroatoms. The summed E-state index contributed by atoms with van der Waals surface area (Å²) in [5, 5.41) is 12.2. The summed E-state index contributed by atoms with van der Waals surface area (Å²) in [6, 6.07) is 0. The van der Waals surface area contributed by atoms with E-state index < -0.39 is 11.4 Å². The molecule has 1 heterocycles. The molecule has 0 radical (unpaired) electrons. The fourth-order valence-corrected chi connectivity index (χ4v) is 2.83. The summed E-state index contributed by atoms with van der Waals surface area (Å²) in [6.07, 6.45) is 7.88. The van der Waals surface area contributed by atoms with E-state index in [1.54, 1.807) is 0 Å². The van der Waals surface area contributed by atoms with Gasteiger partial charge in [0.05, 0.1) is 5.41 Å². The standard InChI is InChI=1S/C15H23NO4/c17-13(10-12-4-2-1-3-5-12)16-11-15(14(18)19)6-8-20-9-7-15/h4H,1-3,5-11H2,(H,16,17)(H,18,19). The first-order valence-corrected chi connectivity index (χ1v) is 7.38. The van der Waals surface area contributed by atoms with Crippen molar-refractivity contribution in [2.24, 2.45) is 5.41 Å². The number of carboxylic acids is 1. The number of allylic oxidation sites excluding steroid dienone is 1. The van der Waals surface area contributed by atoms with Crippen molar-refractivity contribution < 1.29 is 19.4 Å². The van der Waals surface area contributed by atoms with Gasteiger partial charge in [-0.15, -0.1) is 0 Å². The zero-order chi connectivity index (χ0) is 14.4. The minimum absolute atomic E-state index is 0.0646. The van der Waals surface area contributed by atoms with E-state index in [0.29, 0.717) is 32.5 Å².